The number of nitrogens with two attached hydrogens (primary N) is 1. The van der Waals surface area contributed by atoms with Gasteiger partial charge in [-0.15, -0.1) is 0 Å². The summed E-state index contributed by atoms with van der Waals surface area (Å²) in [6.07, 6.45) is 4.10. The van der Waals surface area contributed by atoms with Gasteiger partial charge in [0.2, 0.25) is 0 Å². The molecule has 0 aromatic heterocycles. The van der Waals surface area contributed by atoms with Gasteiger partial charge in [-0.3, -0.25) is 4.90 Å². The van der Waals surface area contributed by atoms with Crippen LogP contribution >= 0.6 is 0 Å². The van der Waals surface area contributed by atoms with Crippen molar-refractivity contribution >= 4 is 0 Å². The van der Waals surface area contributed by atoms with E-state index in [0.717, 1.165) is 18.8 Å². The first-order chi connectivity index (χ1) is 9.22. The Morgan fingerprint density at radius 2 is 1.84 bits per heavy atom. The van der Waals surface area contributed by atoms with Crippen LogP contribution in [0.3, 0.4) is 0 Å². The molecular weight excluding hydrogens is 236 g/mol. The van der Waals surface area contributed by atoms with Gasteiger partial charge in [0.1, 0.15) is 5.75 Å². The van der Waals surface area contributed by atoms with E-state index in [1.807, 2.05) is 6.07 Å². The molecule has 0 aliphatic carbocycles. The van der Waals surface area contributed by atoms with E-state index in [9.17, 15) is 0 Å². The van der Waals surface area contributed by atoms with Gasteiger partial charge in [-0.25, -0.2) is 0 Å². The van der Waals surface area contributed by atoms with E-state index in [4.69, 9.17) is 10.5 Å². The van der Waals surface area contributed by atoms with Gasteiger partial charge in [0, 0.05) is 12.1 Å². The lowest BCUT2D eigenvalue weighted by Gasteiger charge is -2.35. The number of piperidine rings is 1. The summed E-state index contributed by atoms with van der Waals surface area (Å²) in [5, 5.41) is 0. The van der Waals surface area contributed by atoms with Crippen LogP contribution in [0.15, 0.2) is 24.3 Å². The van der Waals surface area contributed by atoms with E-state index in [2.05, 4.69) is 36.9 Å². The second kappa shape index (κ2) is 6.92. The quantitative estimate of drug-likeness (QED) is 0.886. The van der Waals surface area contributed by atoms with Crippen LogP contribution in [0.2, 0.25) is 0 Å². The molecule has 2 N–H and O–H groups in total. The third-order valence-electron chi connectivity index (χ3n) is 3.70. The van der Waals surface area contributed by atoms with Crippen molar-refractivity contribution in [3.63, 3.8) is 0 Å². The average molecular weight is 262 g/mol. The monoisotopic (exact) mass is 262 g/mol. The van der Waals surface area contributed by atoms with Crippen LogP contribution in [-0.4, -0.2) is 30.6 Å². The maximum absolute atomic E-state index is 6.04. The summed E-state index contributed by atoms with van der Waals surface area (Å²) < 4.78 is 5.94. The van der Waals surface area contributed by atoms with Crippen molar-refractivity contribution in [2.45, 2.75) is 45.3 Å². The molecule has 0 radical (unpaired) electrons. The van der Waals surface area contributed by atoms with Gasteiger partial charge < -0.3 is 10.5 Å². The van der Waals surface area contributed by atoms with Crippen molar-refractivity contribution in [3.05, 3.63) is 29.8 Å². The fraction of sp³-hybridized carbons (Fsp3) is 0.625. The van der Waals surface area contributed by atoms with Crippen LogP contribution in [0.1, 0.15) is 44.7 Å². The predicted molar refractivity (Wildman–Crippen MR) is 79.4 cm³/mol. The van der Waals surface area contributed by atoms with Gasteiger partial charge in [0.05, 0.1) is 12.1 Å². The molecule has 1 unspecified atom stereocenters. The highest BCUT2D eigenvalue weighted by molar-refractivity contribution is 5.36. The van der Waals surface area contributed by atoms with E-state index in [1.54, 1.807) is 0 Å². The number of likely N-dealkylation sites (tertiary alicyclic amines) is 1. The summed E-state index contributed by atoms with van der Waals surface area (Å²) in [6, 6.07) is 8.61. The standard InChI is InChI=1S/C16H26N2O/c1-13(2)19-16-9-5-4-8-14(16)15(12-17)18-10-6-3-7-11-18/h4-5,8-9,13,15H,3,6-7,10-12,17H2,1-2H3. The molecule has 1 aliphatic rings. The minimum atomic E-state index is 0.195. The summed E-state index contributed by atoms with van der Waals surface area (Å²) >= 11 is 0. The molecule has 1 saturated heterocycles. The molecule has 0 spiro atoms. The van der Waals surface area contributed by atoms with Gasteiger partial charge >= 0.3 is 0 Å². The Bertz CT molecular complexity index is 386. The van der Waals surface area contributed by atoms with E-state index in [1.165, 1.54) is 24.8 Å². The molecule has 0 saturated carbocycles. The van der Waals surface area contributed by atoms with Crippen molar-refractivity contribution < 1.29 is 4.74 Å². The number of ether oxygens (including phenoxy) is 1. The molecule has 1 fully saturated rings. The summed E-state index contributed by atoms with van der Waals surface area (Å²) in [4.78, 5) is 2.51. The normalized spacial score (nSPS) is 18.5. The Balaban J connectivity index is 2.21. The molecular formula is C16H26N2O. The molecule has 0 bridgehead atoms. The highest BCUT2D eigenvalue weighted by Gasteiger charge is 2.23. The van der Waals surface area contributed by atoms with E-state index >= 15 is 0 Å². The highest BCUT2D eigenvalue weighted by atomic mass is 16.5. The van der Waals surface area contributed by atoms with Crippen LogP contribution in [0, 0.1) is 0 Å². The molecule has 3 nitrogen and oxygen atoms in total. The number of para-hydroxylation sites is 1. The molecule has 0 amide bonds. The SMILES string of the molecule is CC(C)Oc1ccccc1C(CN)N1CCCCC1. The molecule has 106 valence electrons. The summed E-state index contributed by atoms with van der Waals surface area (Å²) in [5.74, 6) is 0.985. The van der Waals surface area contributed by atoms with Gasteiger partial charge in [-0.1, -0.05) is 24.6 Å². The Kier molecular flexibility index (Phi) is 5.23. The fourth-order valence-electron chi connectivity index (χ4n) is 2.82. The second-order valence-electron chi connectivity index (χ2n) is 5.55. The van der Waals surface area contributed by atoms with Crippen molar-refractivity contribution in [2.75, 3.05) is 19.6 Å². The average Bonchev–Trinajstić information content (AvgIpc) is 2.42. The van der Waals surface area contributed by atoms with Gasteiger partial charge in [-0.2, -0.15) is 0 Å². The maximum atomic E-state index is 6.04. The molecule has 1 heterocycles. The smallest absolute Gasteiger partial charge is 0.124 e. The summed E-state index contributed by atoms with van der Waals surface area (Å²) in [7, 11) is 0. The molecule has 1 aromatic rings. The lowest BCUT2D eigenvalue weighted by molar-refractivity contribution is 0.160. The lowest BCUT2D eigenvalue weighted by atomic mass is 10.0. The van der Waals surface area contributed by atoms with Crippen LogP contribution in [0.25, 0.3) is 0 Å². The van der Waals surface area contributed by atoms with Crippen LogP contribution in [0.5, 0.6) is 5.75 Å². The van der Waals surface area contributed by atoms with Crippen molar-refractivity contribution in [3.8, 4) is 5.75 Å². The molecule has 1 aliphatic heterocycles. The highest BCUT2D eigenvalue weighted by Crippen LogP contribution is 2.31. The van der Waals surface area contributed by atoms with E-state index in [-0.39, 0.29) is 12.1 Å². The van der Waals surface area contributed by atoms with Crippen LogP contribution < -0.4 is 10.5 Å². The number of benzene rings is 1. The molecule has 1 aromatic carbocycles. The third-order valence-corrected chi connectivity index (χ3v) is 3.70. The fourth-order valence-corrected chi connectivity index (χ4v) is 2.82. The first-order valence-corrected chi connectivity index (χ1v) is 7.42. The molecule has 19 heavy (non-hydrogen) atoms. The van der Waals surface area contributed by atoms with Gasteiger partial charge in [0.25, 0.3) is 0 Å². The maximum Gasteiger partial charge on any atom is 0.124 e. The van der Waals surface area contributed by atoms with Crippen LogP contribution in [-0.2, 0) is 0 Å². The Labute approximate surface area is 116 Å². The largest absolute Gasteiger partial charge is 0.491 e. The molecule has 3 heteroatoms. The number of hydrogen-bond acceptors (Lipinski definition) is 3. The zero-order chi connectivity index (χ0) is 13.7. The second-order valence-corrected chi connectivity index (χ2v) is 5.55. The minimum Gasteiger partial charge on any atom is -0.491 e. The van der Waals surface area contributed by atoms with Crippen molar-refractivity contribution in [2.24, 2.45) is 5.73 Å². The first kappa shape index (κ1) is 14.4. The lowest BCUT2D eigenvalue weighted by Crippen LogP contribution is -2.37. The Morgan fingerprint density at radius 3 is 2.47 bits per heavy atom. The Morgan fingerprint density at radius 1 is 1.16 bits per heavy atom. The minimum absolute atomic E-state index is 0.195. The molecule has 2 rings (SSSR count). The van der Waals surface area contributed by atoms with Gasteiger partial charge in [-0.05, 0) is 45.8 Å². The van der Waals surface area contributed by atoms with E-state index in [0.29, 0.717) is 6.54 Å². The zero-order valence-corrected chi connectivity index (χ0v) is 12.1. The Hall–Kier alpha value is -1.06. The number of hydrogen-bond donors (Lipinski definition) is 1. The van der Waals surface area contributed by atoms with Crippen molar-refractivity contribution in [1.82, 2.24) is 4.90 Å². The third kappa shape index (κ3) is 3.71. The molecule has 1 atom stereocenters. The van der Waals surface area contributed by atoms with E-state index < -0.39 is 0 Å². The van der Waals surface area contributed by atoms with Gasteiger partial charge in [0.15, 0.2) is 0 Å². The van der Waals surface area contributed by atoms with Crippen LogP contribution in [0.4, 0.5) is 0 Å². The summed E-state index contributed by atoms with van der Waals surface area (Å²) in [6.45, 7) is 7.08. The zero-order valence-electron chi connectivity index (χ0n) is 12.1. The topological polar surface area (TPSA) is 38.5 Å². The van der Waals surface area contributed by atoms with Crippen molar-refractivity contribution in [1.29, 1.82) is 0 Å². The number of rotatable bonds is 5. The first-order valence-electron chi connectivity index (χ1n) is 7.42. The predicted octanol–water partition coefficient (Wildman–Crippen LogP) is 2.96. The summed E-state index contributed by atoms with van der Waals surface area (Å²) in [5.41, 5.74) is 7.27. The number of nitrogens with zero attached hydrogens (tertiary/aromatic N) is 1.